The van der Waals surface area contributed by atoms with E-state index in [9.17, 15) is 0 Å². The second-order valence-corrected chi connectivity index (χ2v) is 6.21. The van der Waals surface area contributed by atoms with Gasteiger partial charge in [-0.05, 0) is 22.0 Å². The highest BCUT2D eigenvalue weighted by Crippen LogP contribution is 2.38. The van der Waals surface area contributed by atoms with E-state index in [1.807, 2.05) is 6.07 Å². The van der Waals surface area contributed by atoms with E-state index in [4.69, 9.17) is 22.1 Å². The summed E-state index contributed by atoms with van der Waals surface area (Å²) in [7, 11) is 1.68. The molecule has 2 heterocycles. The average molecular weight is 339 g/mol. The number of thiophene rings is 1. The topological polar surface area (TPSA) is 50.9 Å². The molecule has 0 fully saturated rings. The molecule has 1 unspecified atom stereocenters. The summed E-state index contributed by atoms with van der Waals surface area (Å²) in [4.78, 5) is 7.50. The molecule has 0 saturated carbocycles. The quantitative estimate of drug-likeness (QED) is 0.917. The van der Waals surface area contributed by atoms with Crippen LogP contribution in [0.15, 0.2) is 15.5 Å². The molecule has 0 aliphatic carbocycles. The molecule has 1 aromatic rings. The van der Waals surface area contributed by atoms with E-state index in [1.165, 1.54) is 4.88 Å². The fourth-order valence-corrected chi connectivity index (χ4v) is 3.60. The zero-order valence-electron chi connectivity index (χ0n) is 9.32. The van der Waals surface area contributed by atoms with Gasteiger partial charge >= 0.3 is 0 Å². The monoisotopic (exact) mass is 337 g/mol. The highest BCUT2D eigenvalue weighted by atomic mass is 79.9. The smallest absolute Gasteiger partial charge is 0.192 e. The van der Waals surface area contributed by atoms with Gasteiger partial charge in [-0.1, -0.05) is 11.6 Å². The number of nitrogens with zero attached hydrogens (tertiary/aromatic N) is 2. The van der Waals surface area contributed by atoms with Gasteiger partial charge < -0.3 is 15.4 Å². The molecular weight excluding hydrogens is 326 g/mol. The number of hydrogen-bond acceptors (Lipinski definition) is 5. The minimum absolute atomic E-state index is 0.180. The zero-order valence-corrected chi connectivity index (χ0v) is 12.5. The van der Waals surface area contributed by atoms with Crippen molar-refractivity contribution in [3.05, 3.63) is 19.8 Å². The maximum atomic E-state index is 6.06. The third-order valence-corrected chi connectivity index (χ3v) is 5.20. The lowest BCUT2D eigenvalue weighted by Gasteiger charge is -2.24. The molecule has 0 saturated heterocycles. The van der Waals surface area contributed by atoms with Gasteiger partial charge in [0.15, 0.2) is 5.96 Å². The molecule has 0 aromatic carbocycles. The molecule has 0 bridgehead atoms. The maximum absolute atomic E-state index is 6.06. The molecule has 7 heteroatoms. The summed E-state index contributed by atoms with van der Waals surface area (Å²) in [5.41, 5.74) is 5.87. The van der Waals surface area contributed by atoms with Crippen LogP contribution in [-0.4, -0.2) is 37.7 Å². The summed E-state index contributed by atoms with van der Waals surface area (Å²) >= 11 is 11.0. The van der Waals surface area contributed by atoms with Crippen molar-refractivity contribution in [1.82, 2.24) is 4.90 Å². The molecule has 17 heavy (non-hydrogen) atoms. The minimum atomic E-state index is 0.180. The number of hydrogen-bond donors (Lipinski definition) is 1. The van der Waals surface area contributed by atoms with Crippen LogP contribution < -0.4 is 5.73 Å². The Morgan fingerprint density at radius 1 is 1.76 bits per heavy atom. The first-order valence-corrected chi connectivity index (χ1v) is 7.12. The number of guanidine groups is 1. The van der Waals surface area contributed by atoms with Gasteiger partial charge in [0.05, 0.1) is 19.2 Å². The van der Waals surface area contributed by atoms with Gasteiger partial charge in [-0.2, -0.15) is 0 Å². The van der Waals surface area contributed by atoms with E-state index in [1.54, 1.807) is 18.4 Å². The molecule has 0 spiro atoms. The Morgan fingerprint density at radius 2 is 2.53 bits per heavy atom. The van der Waals surface area contributed by atoms with E-state index in [0.29, 0.717) is 19.1 Å². The summed E-state index contributed by atoms with van der Waals surface area (Å²) in [6.45, 7) is 2.05. The molecular formula is C10H13BrClN3OS. The number of rotatable bonds is 4. The van der Waals surface area contributed by atoms with Crippen LogP contribution in [0.4, 0.5) is 0 Å². The first kappa shape index (κ1) is 13.1. The lowest BCUT2D eigenvalue weighted by atomic mass is 10.2. The number of methoxy groups -OCH3 is 1. The second-order valence-electron chi connectivity index (χ2n) is 3.67. The standard InChI is InChI=1S/C10H13BrClN3OS/c1-16-3-2-15-7(5-14-10(15)13)8-4-6(11)9(12)17-8/h4,7H,2-3,5H2,1H3,(H2,13,14). The molecule has 2 rings (SSSR count). The fourth-order valence-electron chi connectivity index (χ4n) is 1.76. The van der Waals surface area contributed by atoms with E-state index in [-0.39, 0.29) is 6.04 Å². The van der Waals surface area contributed by atoms with Gasteiger partial charge in [-0.3, -0.25) is 4.99 Å². The van der Waals surface area contributed by atoms with Crippen molar-refractivity contribution in [2.75, 3.05) is 26.8 Å². The van der Waals surface area contributed by atoms with Crippen molar-refractivity contribution in [3.63, 3.8) is 0 Å². The van der Waals surface area contributed by atoms with Gasteiger partial charge in [0.25, 0.3) is 0 Å². The number of halogens is 2. The molecule has 1 atom stereocenters. The van der Waals surface area contributed by atoms with Crippen molar-refractivity contribution >= 4 is 44.8 Å². The summed E-state index contributed by atoms with van der Waals surface area (Å²) in [6, 6.07) is 2.21. The van der Waals surface area contributed by atoms with E-state index >= 15 is 0 Å². The van der Waals surface area contributed by atoms with Gasteiger partial charge in [0, 0.05) is 23.0 Å². The van der Waals surface area contributed by atoms with E-state index in [0.717, 1.165) is 15.4 Å². The molecule has 1 aliphatic rings. The van der Waals surface area contributed by atoms with Gasteiger partial charge in [-0.15, -0.1) is 11.3 Å². The van der Waals surface area contributed by atoms with Crippen LogP contribution in [0.1, 0.15) is 10.9 Å². The Hall–Kier alpha value is -0.300. The van der Waals surface area contributed by atoms with Crippen LogP contribution in [0.3, 0.4) is 0 Å². The normalized spacial score (nSPS) is 19.8. The second kappa shape index (κ2) is 5.56. The van der Waals surface area contributed by atoms with Crippen LogP contribution in [-0.2, 0) is 4.74 Å². The predicted molar refractivity (Wildman–Crippen MR) is 74.8 cm³/mol. The summed E-state index contributed by atoms with van der Waals surface area (Å²) < 4.78 is 6.77. The molecule has 0 amide bonds. The highest BCUT2D eigenvalue weighted by molar-refractivity contribution is 9.10. The van der Waals surface area contributed by atoms with E-state index < -0.39 is 0 Å². The molecule has 1 aliphatic heterocycles. The Bertz CT molecular complexity index is 418. The Labute approximate surface area is 118 Å². The Balaban J connectivity index is 2.15. The van der Waals surface area contributed by atoms with Gasteiger partial charge in [0.1, 0.15) is 4.34 Å². The lowest BCUT2D eigenvalue weighted by Crippen LogP contribution is -2.38. The van der Waals surface area contributed by atoms with E-state index in [2.05, 4.69) is 25.8 Å². The maximum Gasteiger partial charge on any atom is 0.192 e. The van der Waals surface area contributed by atoms with Crippen LogP contribution in [0.5, 0.6) is 0 Å². The molecule has 2 N–H and O–H groups in total. The van der Waals surface area contributed by atoms with Crippen LogP contribution in [0, 0.1) is 0 Å². The molecule has 1 aromatic heterocycles. The van der Waals surface area contributed by atoms with Crippen molar-refractivity contribution < 1.29 is 4.74 Å². The Morgan fingerprint density at radius 3 is 3.12 bits per heavy atom. The fraction of sp³-hybridized carbons (Fsp3) is 0.500. The van der Waals surface area contributed by atoms with Crippen molar-refractivity contribution in [2.45, 2.75) is 6.04 Å². The third-order valence-electron chi connectivity index (χ3n) is 2.63. The third kappa shape index (κ3) is 2.76. The van der Waals surface area contributed by atoms with Crippen molar-refractivity contribution in [1.29, 1.82) is 0 Å². The number of ether oxygens (including phenoxy) is 1. The number of aliphatic imine (C=N–C) groups is 1. The first-order valence-electron chi connectivity index (χ1n) is 5.13. The lowest BCUT2D eigenvalue weighted by molar-refractivity contribution is 0.167. The molecule has 0 radical (unpaired) electrons. The van der Waals surface area contributed by atoms with Gasteiger partial charge in [0.2, 0.25) is 0 Å². The first-order chi connectivity index (χ1) is 8.13. The summed E-state index contributed by atoms with van der Waals surface area (Å²) in [6.07, 6.45) is 0. The minimum Gasteiger partial charge on any atom is -0.383 e. The predicted octanol–water partition coefficient (Wildman–Crippen LogP) is 2.48. The SMILES string of the molecule is COCCN1C(N)=NCC1c1cc(Br)c(Cl)s1. The summed E-state index contributed by atoms with van der Waals surface area (Å²) in [5.74, 6) is 0.577. The number of nitrogens with two attached hydrogens (primary N) is 1. The van der Waals surface area contributed by atoms with Crippen LogP contribution in [0.25, 0.3) is 0 Å². The molecule has 94 valence electrons. The van der Waals surface area contributed by atoms with Crippen molar-refractivity contribution in [2.24, 2.45) is 10.7 Å². The van der Waals surface area contributed by atoms with Crippen LogP contribution in [0.2, 0.25) is 4.34 Å². The van der Waals surface area contributed by atoms with Crippen LogP contribution >= 0.6 is 38.9 Å². The average Bonchev–Trinajstić information content (AvgIpc) is 2.81. The van der Waals surface area contributed by atoms with Gasteiger partial charge in [-0.25, -0.2) is 0 Å². The Kier molecular flexibility index (Phi) is 4.30. The highest BCUT2D eigenvalue weighted by Gasteiger charge is 2.28. The van der Waals surface area contributed by atoms with Crippen molar-refractivity contribution in [3.8, 4) is 0 Å². The zero-order chi connectivity index (χ0) is 12.4. The molecule has 4 nitrogen and oxygen atoms in total. The largest absolute Gasteiger partial charge is 0.383 e. The summed E-state index contributed by atoms with van der Waals surface area (Å²) in [5, 5.41) is 0.